The molecule has 0 fully saturated rings. The maximum atomic E-state index is 14.8. The quantitative estimate of drug-likeness (QED) is 0.340. The van der Waals surface area contributed by atoms with Crippen LogP contribution in [0.2, 0.25) is 5.02 Å². The van der Waals surface area contributed by atoms with Crippen LogP contribution in [0.4, 0.5) is 10.1 Å². The van der Waals surface area contributed by atoms with E-state index >= 15 is 0 Å². The molecule has 0 aliphatic heterocycles. The number of anilines is 1. The molecule has 1 atom stereocenters. The zero-order valence-corrected chi connectivity index (χ0v) is 23.8. The summed E-state index contributed by atoms with van der Waals surface area (Å²) in [7, 11) is -3.93. The molecule has 0 spiro atoms. The highest BCUT2D eigenvalue weighted by Gasteiger charge is 2.33. The molecule has 2 amide bonds. The summed E-state index contributed by atoms with van der Waals surface area (Å²) in [5, 5.41) is 3.15. The molecule has 0 aliphatic carbocycles. The summed E-state index contributed by atoms with van der Waals surface area (Å²) < 4.78 is 41.5. The Balaban J connectivity index is 2.08. The molecular formula is C29H33ClFN3O4S. The Labute approximate surface area is 234 Å². The second kappa shape index (κ2) is 13.6. The highest BCUT2D eigenvalue weighted by molar-refractivity contribution is 7.92. The van der Waals surface area contributed by atoms with Gasteiger partial charge in [0, 0.05) is 30.1 Å². The van der Waals surface area contributed by atoms with E-state index in [1.165, 1.54) is 29.2 Å². The molecule has 0 saturated carbocycles. The van der Waals surface area contributed by atoms with Crippen LogP contribution in [0.15, 0.2) is 72.8 Å². The van der Waals surface area contributed by atoms with Crippen molar-refractivity contribution in [2.75, 3.05) is 23.7 Å². The van der Waals surface area contributed by atoms with Gasteiger partial charge in [-0.2, -0.15) is 0 Å². The first kappa shape index (κ1) is 30.1. The lowest BCUT2D eigenvalue weighted by molar-refractivity contribution is -0.140. The van der Waals surface area contributed by atoms with Gasteiger partial charge in [0.15, 0.2) is 0 Å². The molecule has 0 radical (unpaired) electrons. The Morgan fingerprint density at radius 1 is 1.03 bits per heavy atom. The molecule has 1 unspecified atom stereocenters. The lowest BCUT2D eigenvalue weighted by atomic mass is 10.0. The molecule has 39 heavy (non-hydrogen) atoms. The van der Waals surface area contributed by atoms with E-state index in [0.29, 0.717) is 23.6 Å². The van der Waals surface area contributed by atoms with Crippen molar-refractivity contribution in [3.8, 4) is 0 Å². The number of halogens is 2. The summed E-state index contributed by atoms with van der Waals surface area (Å²) in [5.41, 5.74) is 1.85. The number of amides is 2. The number of nitrogens with one attached hydrogen (secondary N) is 1. The number of sulfonamides is 1. The Morgan fingerprint density at radius 3 is 2.33 bits per heavy atom. The predicted molar refractivity (Wildman–Crippen MR) is 153 cm³/mol. The molecule has 3 aromatic carbocycles. The van der Waals surface area contributed by atoms with Crippen molar-refractivity contribution in [1.29, 1.82) is 0 Å². The summed E-state index contributed by atoms with van der Waals surface area (Å²) in [6.45, 7) is 3.19. The largest absolute Gasteiger partial charge is 0.354 e. The van der Waals surface area contributed by atoms with Crippen LogP contribution >= 0.6 is 11.6 Å². The number of hydrogen-bond donors (Lipinski definition) is 1. The SMILES string of the molecule is CCCNC(=O)C(Cc1ccccc1)N(Cc1ccccc1F)C(=O)CN(c1cc(Cl)ccc1C)S(C)(=O)=O. The zero-order valence-electron chi connectivity index (χ0n) is 22.2. The summed E-state index contributed by atoms with van der Waals surface area (Å²) in [6, 6.07) is 18.9. The Bertz CT molecular complexity index is 1400. The Morgan fingerprint density at radius 2 is 1.69 bits per heavy atom. The van der Waals surface area contributed by atoms with E-state index in [1.54, 1.807) is 25.1 Å². The maximum Gasteiger partial charge on any atom is 0.244 e. The molecule has 0 aliphatic rings. The van der Waals surface area contributed by atoms with Gasteiger partial charge < -0.3 is 10.2 Å². The lowest BCUT2D eigenvalue weighted by Crippen LogP contribution is -2.53. The van der Waals surface area contributed by atoms with Crippen LogP contribution in [0.5, 0.6) is 0 Å². The third kappa shape index (κ3) is 8.28. The van der Waals surface area contributed by atoms with Crippen LogP contribution < -0.4 is 9.62 Å². The van der Waals surface area contributed by atoms with Crippen molar-refractivity contribution < 1.29 is 22.4 Å². The van der Waals surface area contributed by atoms with E-state index in [9.17, 15) is 22.4 Å². The van der Waals surface area contributed by atoms with Crippen LogP contribution in [0.1, 0.15) is 30.0 Å². The van der Waals surface area contributed by atoms with Crippen LogP contribution in [-0.2, 0) is 32.6 Å². The van der Waals surface area contributed by atoms with Crippen molar-refractivity contribution in [2.45, 2.75) is 39.3 Å². The molecule has 3 aromatic rings. The van der Waals surface area contributed by atoms with Crippen LogP contribution in [-0.4, -0.2) is 50.5 Å². The Hall–Kier alpha value is -3.43. The second-order valence-electron chi connectivity index (χ2n) is 9.31. The van der Waals surface area contributed by atoms with Gasteiger partial charge in [-0.1, -0.05) is 73.1 Å². The first-order valence-electron chi connectivity index (χ1n) is 12.6. The van der Waals surface area contributed by atoms with Gasteiger partial charge in [0.2, 0.25) is 21.8 Å². The van der Waals surface area contributed by atoms with Gasteiger partial charge in [-0.25, -0.2) is 12.8 Å². The number of hydrogen-bond acceptors (Lipinski definition) is 4. The third-order valence-electron chi connectivity index (χ3n) is 6.24. The molecule has 208 valence electrons. The van der Waals surface area contributed by atoms with Crippen molar-refractivity contribution in [3.63, 3.8) is 0 Å². The minimum absolute atomic E-state index is 0.158. The first-order valence-corrected chi connectivity index (χ1v) is 14.8. The molecule has 7 nitrogen and oxygen atoms in total. The molecule has 3 rings (SSSR count). The fourth-order valence-corrected chi connectivity index (χ4v) is 5.24. The third-order valence-corrected chi connectivity index (χ3v) is 7.60. The molecule has 10 heteroatoms. The first-order chi connectivity index (χ1) is 18.5. The summed E-state index contributed by atoms with van der Waals surface area (Å²) in [5.74, 6) is -1.60. The molecule has 0 heterocycles. The van der Waals surface area contributed by atoms with Crippen LogP contribution in [0.25, 0.3) is 0 Å². The number of carbonyl (C=O) groups excluding carboxylic acids is 2. The van der Waals surface area contributed by atoms with E-state index in [4.69, 9.17) is 11.6 Å². The van der Waals surface area contributed by atoms with E-state index in [0.717, 1.165) is 16.1 Å². The normalized spacial score (nSPS) is 12.0. The van der Waals surface area contributed by atoms with Crippen LogP contribution in [0.3, 0.4) is 0 Å². The molecular weight excluding hydrogens is 541 g/mol. The summed E-state index contributed by atoms with van der Waals surface area (Å²) in [4.78, 5) is 28.7. The topological polar surface area (TPSA) is 86.8 Å². The zero-order chi connectivity index (χ0) is 28.6. The molecule has 0 bridgehead atoms. The van der Waals surface area contributed by atoms with Crippen LogP contribution in [0, 0.1) is 12.7 Å². The fraction of sp³-hybridized carbons (Fsp3) is 0.310. The van der Waals surface area contributed by atoms with Crippen molar-refractivity contribution in [3.05, 3.63) is 100 Å². The van der Waals surface area contributed by atoms with E-state index < -0.39 is 40.2 Å². The Kier molecular flexibility index (Phi) is 10.5. The van der Waals surface area contributed by atoms with E-state index in [-0.39, 0.29) is 24.2 Å². The molecule has 0 saturated heterocycles. The predicted octanol–water partition coefficient (Wildman–Crippen LogP) is 4.72. The van der Waals surface area contributed by atoms with Crippen molar-refractivity contribution in [1.82, 2.24) is 10.2 Å². The number of nitrogens with zero attached hydrogens (tertiary/aromatic N) is 2. The standard InChI is InChI=1S/C29H33ClFN3O4S/c1-4-16-32-29(36)27(17-22-10-6-5-7-11-22)33(19-23-12-8-9-13-25(23)31)28(35)20-34(39(3,37)38)26-18-24(30)15-14-21(26)2/h5-15,18,27H,4,16-17,19-20H2,1-3H3,(H,32,36). The van der Waals surface area contributed by atoms with Gasteiger partial charge in [0.05, 0.1) is 11.9 Å². The van der Waals surface area contributed by atoms with Gasteiger partial charge >= 0.3 is 0 Å². The fourth-order valence-electron chi connectivity index (χ4n) is 4.18. The average molecular weight is 574 g/mol. The van der Waals surface area contributed by atoms with E-state index in [2.05, 4.69) is 5.32 Å². The van der Waals surface area contributed by atoms with E-state index in [1.807, 2.05) is 37.3 Å². The highest BCUT2D eigenvalue weighted by Crippen LogP contribution is 2.27. The average Bonchev–Trinajstić information content (AvgIpc) is 2.90. The van der Waals surface area contributed by atoms with Gasteiger partial charge in [0.1, 0.15) is 18.4 Å². The maximum absolute atomic E-state index is 14.8. The number of rotatable bonds is 12. The number of carbonyl (C=O) groups is 2. The second-order valence-corrected chi connectivity index (χ2v) is 11.7. The van der Waals surface area contributed by atoms with Gasteiger partial charge in [-0.05, 0) is 42.7 Å². The summed E-state index contributed by atoms with van der Waals surface area (Å²) in [6.07, 6.45) is 1.84. The molecule has 1 N–H and O–H groups in total. The highest BCUT2D eigenvalue weighted by atomic mass is 35.5. The summed E-state index contributed by atoms with van der Waals surface area (Å²) >= 11 is 6.15. The smallest absolute Gasteiger partial charge is 0.244 e. The molecule has 0 aromatic heterocycles. The monoisotopic (exact) mass is 573 g/mol. The van der Waals surface area contributed by atoms with Gasteiger partial charge in [0.25, 0.3) is 0 Å². The minimum atomic E-state index is -3.93. The van der Waals surface area contributed by atoms with Crippen molar-refractivity contribution >= 4 is 39.1 Å². The number of benzene rings is 3. The number of aryl methyl sites for hydroxylation is 1. The van der Waals surface area contributed by atoms with Gasteiger partial charge in [-0.3, -0.25) is 13.9 Å². The van der Waals surface area contributed by atoms with Gasteiger partial charge in [-0.15, -0.1) is 0 Å². The van der Waals surface area contributed by atoms with Crippen molar-refractivity contribution in [2.24, 2.45) is 0 Å². The lowest BCUT2D eigenvalue weighted by Gasteiger charge is -2.34. The minimum Gasteiger partial charge on any atom is -0.354 e.